The van der Waals surface area contributed by atoms with Gasteiger partial charge in [0.2, 0.25) is 0 Å². The summed E-state index contributed by atoms with van der Waals surface area (Å²) in [6.45, 7) is 10.6. The van der Waals surface area contributed by atoms with E-state index in [4.69, 9.17) is 10.5 Å². The van der Waals surface area contributed by atoms with Crippen LogP contribution in [0.1, 0.15) is 53.4 Å². The number of carbonyl (C=O) groups is 1. The lowest BCUT2D eigenvalue weighted by atomic mass is 9.97. The number of ether oxygens (including phenoxy) is 1. The summed E-state index contributed by atoms with van der Waals surface area (Å²) in [6, 6.07) is 0.562. The van der Waals surface area contributed by atoms with Crippen molar-refractivity contribution in [1.29, 1.82) is 0 Å². The minimum atomic E-state index is -0.849. The summed E-state index contributed by atoms with van der Waals surface area (Å²) in [4.78, 5) is 14.2. The fourth-order valence-electron chi connectivity index (χ4n) is 2.24. The van der Waals surface area contributed by atoms with Crippen molar-refractivity contribution in [3.8, 4) is 0 Å². The molecule has 1 atom stereocenters. The Morgan fingerprint density at radius 2 is 2.11 bits per heavy atom. The van der Waals surface area contributed by atoms with Gasteiger partial charge in [-0.15, -0.1) is 0 Å². The number of esters is 1. The third-order valence-electron chi connectivity index (χ3n) is 3.80. The Kier molecular flexibility index (Phi) is 6.27. The van der Waals surface area contributed by atoms with Gasteiger partial charge in [0.15, 0.2) is 0 Å². The predicted octanol–water partition coefficient (Wildman–Crippen LogP) is 2.17. The van der Waals surface area contributed by atoms with Crippen LogP contribution < -0.4 is 5.73 Å². The zero-order chi connectivity index (χ0) is 14.5. The van der Waals surface area contributed by atoms with Crippen LogP contribution in [0.2, 0.25) is 0 Å². The molecule has 1 saturated carbocycles. The van der Waals surface area contributed by atoms with Crippen molar-refractivity contribution < 1.29 is 9.53 Å². The standard InChI is InChI=1S/C15H30N2O2/c1-5-19-14(18)15(4,16)9-6-10-17(12(2)3)11-13-7-8-13/h12-13H,5-11,16H2,1-4H3. The molecule has 0 radical (unpaired) electrons. The molecule has 1 fully saturated rings. The SMILES string of the molecule is CCOC(=O)C(C)(N)CCCN(CC1CC1)C(C)C. The van der Waals surface area contributed by atoms with E-state index in [1.807, 2.05) is 6.92 Å². The van der Waals surface area contributed by atoms with Crippen molar-refractivity contribution in [1.82, 2.24) is 4.90 Å². The van der Waals surface area contributed by atoms with Gasteiger partial charge in [0.25, 0.3) is 0 Å². The van der Waals surface area contributed by atoms with Gasteiger partial charge in [-0.05, 0) is 65.8 Å². The maximum Gasteiger partial charge on any atom is 0.325 e. The number of nitrogens with zero attached hydrogens (tertiary/aromatic N) is 1. The molecule has 2 N–H and O–H groups in total. The summed E-state index contributed by atoms with van der Waals surface area (Å²) in [5.41, 5.74) is 5.18. The van der Waals surface area contributed by atoms with Crippen molar-refractivity contribution in [3.05, 3.63) is 0 Å². The van der Waals surface area contributed by atoms with Crippen LogP contribution in [0.3, 0.4) is 0 Å². The molecule has 0 aromatic carbocycles. The first-order valence-corrected chi connectivity index (χ1v) is 7.57. The first kappa shape index (κ1) is 16.4. The first-order chi connectivity index (χ1) is 8.86. The number of hydrogen-bond acceptors (Lipinski definition) is 4. The minimum Gasteiger partial charge on any atom is -0.465 e. The minimum absolute atomic E-state index is 0.284. The van der Waals surface area contributed by atoms with E-state index in [0.717, 1.165) is 18.9 Å². The van der Waals surface area contributed by atoms with E-state index in [0.29, 0.717) is 19.1 Å². The number of hydrogen-bond donors (Lipinski definition) is 1. The molecule has 1 rings (SSSR count). The average Bonchev–Trinajstić information content (AvgIpc) is 3.11. The molecule has 0 aliphatic heterocycles. The summed E-state index contributed by atoms with van der Waals surface area (Å²) in [5.74, 6) is 0.616. The van der Waals surface area contributed by atoms with Crippen LogP contribution in [0.4, 0.5) is 0 Å². The molecule has 19 heavy (non-hydrogen) atoms. The van der Waals surface area contributed by atoms with Gasteiger partial charge in [0.05, 0.1) is 6.61 Å². The Labute approximate surface area is 117 Å². The van der Waals surface area contributed by atoms with Crippen molar-refractivity contribution in [2.45, 2.75) is 65.0 Å². The van der Waals surface area contributed by atoms with Crippen LogP contribution in [0.25, 0.3) is 0 Å². The summed E-state index contributed by atoms with van der Waals surface area (Å²) in [7, 11) is 0. The third kappa shape index (κ3) is 5.91. The number of rotatable bonds is 9. The maximum absolute atomic E-state index is 11.7. The second-order valence-corrected chi connectivity index (χ2v) is 6.27. The van der Waals surface area contributed by atoms with Gasteiger partial charge < -0.3 is 15.4 Å². The van der Waals surface area contributed by atoms with Gasteiger partial charge in [0, 0.05) is 12.6 Å². The van der Waals surface area contributed by atoms with E-state index < -0.39 is 5.54 Å². The summed E-state index contributed by atoms with van der Waals surface area (Å²) < 4.78 is 5.01. The molecule has 0 amide bonds. The molecule has 0 saturated heterocycles. The lowest BCUT2D eigenvalue weighted by Gasteiger charge is -2.28. The van der Waals surface area contributed by atoms with Crippen molar-refractivity contribution >= 4 is 5.97 Å². The van der Waals surface area contributed by atoms with Gasteiger partial charge in [-0.3, -0.25) is 4.79 Å². The molecule has 0 aromatic rings. The summed E-state index contributed by atoms with van der Waals surface area (Å²) in [5, 5.41) is 0. The van der Waals surface area contributed by atoms with Crippen LogP contribution in [0.5, 0.6) is 0 Å². The van der Waals surface area contributed by atoms with Crippen LogP contribution in [-0.4, -0.2) is 42.1 Å². The van der Waals surface area contributed by atoms with Gasteiger partial charge in [-0.2, -0.15) is 0 Å². The number of nitrogens with two attached hydrogens (primary N) is 1. The largest absolute Gasteiger partial charge is 0.465 e. The van der Waals surface area contributed by atoms with Crippen LogP contribution >= 0.6 is 0 Å². The summed E-state index contributed by atoms with van der Waals surface area (Å²) in [6.07, 6.45) is 4.37. The van der Waals surface area contributed by atoms with E-state index >= 15 is 0 Å². The van der Waals surface area contributed by atoms with Crippen LogP contribution in [-0.2, 0) is 9.53 Å². The van der Waals surface area contributed by atoms with Gasteiger partial charge >= 0.3 is 5.97 Å². The van der Waals surface area contributed by atoms with Gasteiger partial charge in [0.1, 0.15) is 5.54 Å². The fraction of sp³-hybridized carbons (Fsp3) is 0.933. The van der Waals surface area contributed by atoms with E-state index in [-0.39, 0.29) is 5.97 Å². The van der Waals surface area contributed by atoms with Crippen molar-refractivity contribution in [2.75, 3.05) is 19.7 Å². The molecule has 0 aromatic heterocycles. The van der Waals surface area contributed by atoms with E-state index in [1.54, 1.807) is 6.92 Å². The van der Waals surface area contributed by atoms with Crippen LogP contribution in [0, 0.1) is 5.92 Å². The zero-order valence-corrected chi connectivity index (χ0v) is 12.9. The lowest BCUT2D eigenvalue weighted by Crippen LogP contribution is -2.46. The highest BCUT2D eigenvalue weighted by Gasteiger charge is 2.30. The fourth-order valence-corrected chi connectivity index (χ4v) is 2.24. The Bertz CT molecular complexity index is 286. The first-order valence-electron chi connectivity index (χ1n) is 7.57. The topological polar surface area (TPSA) is 55.6 Å². The lowest BCUT2D eigenvalue weighted by molar-refractivity contribution is -0.149. The second-order valence-electron chi connectivity index (χ2n) is 6.27. The number of carbonyl (C=O) groups excluding carboxylic acids is 1. The smallest absolute Gasteiger partial charge is 0.325 e. The quantitative estimate of drug-likeness (QED) is 0.652. The maximum atomic E-state index is 11.7. The second kappa shape index (κ2) is 7.25. The van der Waals surface area contributed by atoms with Gasteiger partial charge in [-0.25, -0.2) is 0 Å². The predicted molar refractivity (Wildman–Crippen MR) is 77.9 cm³/mol. The van der Waals surface area contributed by atoms with E-state index in [9.17, 15) is 4.79 Å². The monoisotopic (exact) mass is 270 g/mol. The average molecular weight is 270 g/mol. The van der Waals surface area contributed by atoms with E-state index in [2.05, 4.69) is 18.7 Å². The molecular formula is C15H30N2O2. The Balaban J connectivity index is 2.31. The van der Waals surface area contributed by atoms with Crippen molar-refractivity contribution in [3.63, 3.8) is 0 Å². The molecule has 0 bridgehead atoms. The third-order valence-corrected chi connectivity index (χ3v) is 3.80. The molecular weight excluding hydrogens is 240 g/mol. The van der Waals surface area contributed by atoms with Crippen molar-refractivity contribution in [2.24, 2.45) is 11.7 Å². The molecule has 4 heteroatoms. The summed E-state index contributed by atoms with van der Waals surface area (Å²) >= 11 is 0. The highest BCUT2D eigenvalue weighted by Crippen LogP contribution is 2.30. The normalized spacial score (nSPS) is 18.7. The van der Waals surface area contributed by atoms with Gasteiger partial charge in [-0.1, -0.05) is 0 Å². The molecule has 0 heterocycles. The molecule has 1 unspecified atom stereocenters. The molecule has 0 spiro atoms. The Morgan fingerprint density at radius 1 is 1.47 bits per heavy atom. The van der Waals surface area contributed by atoms with Crippen LogP contribution in [0.15, 0.2) is 0 Å². The van der Waals surface area contributed by atoms with E-state index in [1.165, 1.54) is 19.4 Å². The highest BCUT2D eigenvalue weighted by molar-refractivity contribution is 5.79. The zero-order valence-electron chi connectivity index (χ0n) is 12.9. The molecule has 1 aliphatic rings. The molecule has 112 valence electrons. The molecule has 1 aliphatic carbocycles. The highest BCUT2D eigenvalue weighted by atomic mass is 16.5. The Hall–Kier alpha value is -0.610. The Morgan fingerprint density at radius 3 is 2.58 bits per heavy atom. The molecule has 4 nitrogen and oxygen atoms in total.